The summed E-state index contributed by atoms with van der Waals surface area (Å²) in [6, 6.07) is 3.83. The first-order valence-corrected chi connectivity index (χ1v) is 4.74. The summed E-state index contributed by atoms with van der Waals surface area (Å²) in [6.45, 7) is 0. The van der Waals surface area contributed by atoms with Crippen molar-refractivity contribution in [2.45, 2.75) is 17.7 Å². The average molecular weight is 253 g/mol. The maximum Gasteiger partial charge on any atom is 0.416 e. The molecule has 2 atom stereocenters. The van der Waals surface area contributed by atoms with Crippen LogP contribution in [-0.4, -0.2) is 16.8 Å². The van der Waals surface area contributed by atoms with E-state index in [9.17, 15) is 23.1 Å². The molecule has 0 bridgehead atoms. The van der Waals surface area contributed by atoms with E-state index in [1.807, 2.05) is 0 Å². The summed E-state index contributed by atoms with van der Waals surface area (Å²) in [6.07, 6.45) is -5.40. The van der Waals surface area contributed by atoms with Crippen LogP contribution in [0, 0.1) is 0 Å². The van der Waals surface area contributed by atoms with Crippen molar-refractivity contribution in [2.24, 2.45) is 0 Å². The second-order valence-corrected chi connectivity index (χ2v) is 3.65. The lowest BCUT2D eigenvalue weighted by Gasteiger charge is -2.13. The zero-order valence-electron chi connectivity index (χ0n) is 7.91. The van der Waals surface area contributed by atoms with Crippen molar-refractivity contribution in [2.75, 3.05) is 0 Å². The fourth-order valence-electron chi connectivity index (χ4n) is 1.13. The van der Waals surface area contributed by atoms with E-state index in [1.165, 1.54) is 0 Å². The van der Waals surface area contributed by atoms with Gasteiger partial charge in [-0.3, -0.25) is 0 Å². The molecule has 2 unspecified atom stereocenters. The molecule has 16 heavy (non-hydrogen) atoms. The standard InChI is InChI=1S/C10H8ClF3O2/c11-8(5-15)9(16)6-1-3-7(4-2-6)10(12,13)14/h1-5,8-9,16H. The molecule has 6 heteroatoms. The third-order valence-electron chi connectivity index (χ3n) is 2.01. The molecule has 0 fully saturated rings. The molecular formula is C10H8ClF3O2. The van der Waals surface area contributed by atoms with Crippen LogP contribution in [0.1, 0.15) is 17.2 Å². The number of carbonyl (C=O) groups is 1. The Bertz CT molecular complexity index is 361. The largest absolute Gasteiger partial charge is 0.416 e. The molecule has 0 aliphatic carbocycles. The molecular weight excluding hydrogens is 245 g/mol. The van der Waals surface area contributed by atoms with Crippen LogP contribution in [0.2, 0.25) is 0 Å². The molecule has 1 aromatic carbocycles. The van der Waals surface area contributed by atoms with Crippen LogP contribution in [-0.2, 0) is 11.0 Å². The van der Waals surface area contributed by atoms with Crippen molar-refractivity contribution in [1.29, 1.82) is 0 Å². The molecule has 88 valence electrons. The first kappa shape index (κ1) is 13.0. The van der Waals surface area contributed by atoms with Crippen molar-refractivity contribution in [3.05, 3.63) is 35.4 Å². The van der Waals surface area contributed by atoms with Gasteiger partial charge in [0.1, 0.15) is 17.8 Å². The normalized spacial score (nSPS) is 15.6. The molecule has 1 rings (SSSR count). The second kappa shape index (κ2) is 4.84. The fourth-order valence-corrected chi connectivity index (χ4v) is 1.27. The number of hydrogen-bond donors (Lipinski definition) is 1. The van der Waals surface area contributed by atoms with E-state index in [0.29, 0.717) is 6.29 Å². The van der Waals surface area contributed by atoms with Crippen LogP contribution < -0.4 is 0 Å². The fraction of sp³-hybridized carbons (Fsp3) is 0.300. The van der Waals surface area contributed by atoms with Crippen LogP contribution in [0.25, 0.3) is 0 Å². The Morgan fingerprint density at radius 2 is 1.75 bits per heavy atom. The van der Waals surface area contributed by atoms with Crippen molar-refractivity contribution < 1.29 is 23.1 Å². The third kappa shape index (κ3) is 2.96. The molecule has 0 aliphatic rings. The minimum atomic E-state index is -4.42. The van der Waals surface area contributed by atoms with Gasteiger partial charge in [0.25, 0.3) is 0 Å². The number of aliphatic hydroxyl groups is 1. The molecule has 0 radical (unpaired) electrons. The monoisotopic (exact) mass is 252 g/mol. The lowest BCUT2D eigenvalue weighted by atomic mass is 10.0. The Morgan fingerprint density at radius 3 is 2.12 bits per heavy atom. The van der Waals surface area contributed by atoms with Gasteiger partial charge in [0.05, 0.1) is 5.56 Å². The third-order valence-corrected chi connectivity index (χ3v) is 2.35. The van der Waals surface area contributed by atoms with E-state index in [0.717, 1.165) is 24.3 Å². The van der Waals surface area contributed by atoms with Gasteiger partial charge in [0, 0.05) is 0 Å². The highest BCUT2D eigenvalue weighted by atomic mass is 35.5. The van der Waals surface area contributed by atoms with Gasteiger partial charge in [-0.05, 0) is 17.7 Å². The summed E-state index contributed by atoms with van der Waals surface area (Å²) in [7, 11) is 0. The molecule has 1 aromatic rings. The van der Waals surface area contributed by atoms with Gasteiger partial charge in [-0.15, -0.1) is 11.6 Å². The van der Waals surface area contributed by atoms with Crippen molar-refractivity contribution in [3.8, 4) is 0 Å². The van der Waals surface area contributed by atoms with Gasteiger partial charge >= 0.3 is 6.18 Å². The Balaban J connectivity index is 2.91. The maximum atomic E-state index is 12.2. The van der Waals surface area contributed by atoms with Gasteiger partial charge in [-0.1, -0.05) is 12.1 Å². The van der Waals surface area contributed by atoms with E-state index in [2.05, 4.69) is 0 Å². The average Bonchev–Trinajstić information content (AvgIpc) is 2.26. The SMILES string of the molecule is O=CC(Cl)C(O)c1ccc(C(F)(F)F)cc1. The number of halogens is 4. The topological polar surface area (TPSA) is 37.3 Å². The molecule has 0 spiro atoms. The second-order valence-electron chi connectivity index (χ2n) is 3.15. The molecule has 0 amide bonds. The zero-order valence-corrected chi connectivity index (χ0v) is 8.66. The summed E-state index contributed by atoms with van der Waals surface area (Å²) in [4.78, 5) is 10.3. The summed E-state index contributed by atoms with van der Waals surface area (Å²) in [5.74, 6) is 0. The Morgan fingerprint density at radius 1 is 1.25 bits per heavy atom. The van der Waals surface area contributed by atoms with Crippen molar-refractivity contribution in [3.63, 3.8) is 0 Å². The highest BCUT2D eigenvalue weighted by Gasteiger charge is 2.30. The van der Waals surface area contributed by atoms with Gasteiger partial charge in [-0.25, -0.2) is 0 Å². The maximum absolute atomic E-state index is 12.2. The Hall–Kier alpha value is -1.07. The van der Waals surface area contributed by atoms with Crippen LogP contribution in [0.4, 0.5) is 13.2 Å². The Labute approximate surface area is 94.6 Å². The van der Waals surface area contributed by atoms with E-state index < -0.39 is 23.2 Å². The van der Waals surface area contributed by atoms with Gasteiger partial charge in [-0.2, -0.15) is 13.2 Å². The van der Waals surface area contributed by atoms with Gasteiger partial charge in [0.2, 0.25) is 0 Å². The summed E-state index contributed by atoms with van der Waals surface area (Å²) in [5, 5.41) is 8.27. The minimum absolute atomic E-state index is 0.167. The predicted molar refractivity (Wildman–Crippen MR) is 52.1 cm³/mol. The number of carbonyl (C=O) groups excluding carboxylic acids is 1. The molecule has 0 saturated heterocycles. The number of hydrogen-bond acceptors (Lipinski definition) is 2. The summed E-state index contributed by atoms with van der Waals surface area (Å²) >= 11 is 5.44. The molecule has 0 aliphatic heterocycles. The van der Waals surface area contributed by atoms with Crippen LogP contribution >= 0.6 is 11.6 Å². The Kier molecular flexibility index (Phi) is 3.93. The smallest absolute Gasteiger partial charge is 0.386 e. The highest BCUT2D eigenvalue weighted by molar-refractivity contribution is 6.28. The summed E-state index contributed by atoms with van der Waals surface area (Å²) < 4.78 is 36.6. The first-order valence-electron chi connectivity index (χ1n) is 4.31. The molecule has 1 N–H and O–H groups in total. The number of aldehydes is 1. The van der Waals surface area contributed by atoms with Gasteiger partial charge in [0.15, 0.2) is 0 Å². The molecule has 0 aromatic heterocycles. The number of rotatable bonds is 3. The molecule has 2 nitrogen and oxygen atoms in total. The number of alkyl halides is 4. The van der Waals surface area contributed by atoms with E-state index in [4.69, 9.17) is 11.6 Å². The van der Waals surface area contributed by atoms with Crippen LogP contribution in [0.3, 0.4) is 0 Å². The van der Waals surface area contributed by atoms with E-state index in [-0.39, 0.29) is 5.56 Å². The lowest BCUT2D eigenvalue weighted by molar-refractivity contribution is -0.137. The highest BCUT2D eigenvalue weighted by Crippen LogP contribution is 2.30. The summed E-state index contributed by atoms with van der Waals surface area (Å²) in [5.41, 5.74) is -0.652. The van der Waals surface area contributed by atoms with E-state index >= 15 is 0 Å². The zero-order chi connectivity index (χ0) is 12.3. The lowest BCUT2D eigenvalue weighted by Crippen LogP contribution is -2.14. The molecule has 0 heterocycles. The van der Waals surface area contributed by atoms with Crippen molar-refractivity contribution >= 4 is 17.9 Å². The molecule has 0 saturated carbocycles. The van der Waals surface area contributed by atoms with Gasteiger partial charge < -0.3 is 9.90 Å². The minimum Gasteiger partial charge on any atom is -0.386 e. The van der Waals surface area contributed by atoms with E-state index in [1.54, 1.807) is 0 Å². The quantitative estimate of drug-likeness (QED) is 0.663. The number of benzene rings is 1. The van der Waals surface area contributed by atoms with Crippen LogP contribution in [0.5, 0.6) is 0 Å². The van der Waals surface area contributed by atoms with Crippen molar-refractivity contribution in [1.82, 2.24) is 0 Å². The predicted octanol–water partition coefficient (Wildman–Crippen LogP) is 2.55. The van der Waals surface area contributed by atoms with Crippen LogP contribution in [0.15, 0.2) is 24.3 Å². The number of aliphatic hydroxyl groups excluding tert-OH is 1. The first-order chi connectivity index (χ1) is 7.36.